The zero-order chi connectivity index (χ0) is 24.9. The molecule has 0 atom stereocenters. The molecule has 0 aliphatic rings. The van der Waals surface area contributed by atoms with Crippen molar-refractivity contribution in [2.75, 3.05) is 0 Å². The van der Waals surface area contributed by atoms with Crippen molar-refractivity contribution in [2.24, 2.45) is 0 Å². The number of halogens is 2. The van der Waals surface area contributed by atoms with Gasteiger partial charge < -0.3 is 30.9 Å². The molecule has 0 fully saturated rings. The van der Waals surface area contributed by atoms with Gasteiger partial charge in [-0.2, -0.15) is 0 Å². The van der Waals surface area contributed by atoms with Gasteiger partial charge in [-0.3, -0.25) is 0 Å². The van der Waals surface area contributed by atoms with Crippen LogP contribution in [0.15, 0.2) is 128 Å². The summed E-state index contributed by atoms with van der Waals surface area (Å²) in [7, 11) is 0. The SMILES string of the molecule is Brc1cocc1-c1cocc1-c1cocc1-c1cocc1-c1cocc1-c1cocc1-c1cocc1Br. The first-order valence-corrected chi connectivity index (χ1v) is 12.6. The molecule has 0 radical (unpaired) electrons. The maximum Gasteiger partial charge on any atom is 0.105 e. The molecule has 0 aliphatic heterocycles. The average molecular weight is 622 g/mol. The van der Waals surface area contributed by atoms with E-state index in [0.717, 1.165) is 75.7 Å². The molecule has 37 heavy (non-hydrogen) atoms. The van der Waals surface area contributed by atoms with E-state index in [1.54, 1.807) is 87.7 Å². The first kappa shape index (κ1) is 22.1. The Morgan fingerprint density at radius 3 is 0.595 bits per heavy atom. The highest BCUT2D eigenvalue weighted by Gasteiger charge is 2.25. The number of furan rings is 7. The highest BCUT2D eigenvalue weighted by Crippen LogP contribution is 2.47. The van der Waals surface area contributed by atoms with E-state index in [1.807, 2.05) is 0 Å². The fourth-order valence-electron chi connectivity index (χ4n) is 4.52. The van der Waals surface area contributed by atoms with Crippen LogP contribution in [-0.4, -0.2) is 0 Å². The van der Waals surface area contributed by atoms with Gasteiger partial charge in [0, 0.05) is 66.8 Å². The molecule has 7 heterocycles. The van der Waals surface area contributed by atoms with E-state index >= 15 is 0 Å². The summed E-state index contributed by atoms with van der Waals surface area (Å²) >= 11 is 7.06. The van der Waals surface area contributed by atoms with Crippen molar-refractivity contribution in [3.05, 3.63) is 96.6 Å². The third-order valence-corrected chi connectivity index (χ3v) is 7.51. The molecule has 7 nitrogen and oxygen atoms in total. The van der Waals surface area contributed by atoms with Crippen LogP contribution in [0.4, 0.5) is 0 Å². The van der Waals surface area contributed by atoms with E-state index in [1.165, 1.54) is 0 Å². The van der Waals surface area contributed by atoms with Crippen molar-refractivity contribution < 1.29 is 30.9 Å². The summed E-state index contributed by atoms with van der Waals surface area (Å²) in [5, 5.41) is 0. The van der Waals surface area contributed by atoms with Gasteiger partial charge in [-0.05, 0) is 31.9 Å². The van der Waals surface area contributed by atoms with E-state index < -0.39 is 0 Å². The molecule has 0 bridgehead atoms. The molecule has 7 aromatic heterocycles. The van der Waals surface area contributed by atoms with Crippen LogP contribution in [0, 0.1) is 0 Å². The van der Waals surface area contributed by atoms with Crippen molar-refractivity contribution in [1.82, 2.24) is 0 Å². The summed E-state index contributed by atoms with van der Waals surface area (Å²) in [5.74, 6) is 0. The molecular weight excluding hydrogens is 608 g/mol. The molecule has 7 rings (SSSR count). The normalized spacial score (nSPS) is 11.5. The summed E-state index contributed by atoms with van der Waals surface area (Å²) in [6.07, 6.45) is 23.5. The predicted octanol–water partition coefficient (Wildman–Crippen LogP) is 10.4. The van der Waals surface area contributed by atoms with Gasteiger partial charge in [-0.25, -0.2) is 0 Å². The first-order chi connectivity index (χ1) is 18.2. The van der Waals surface area contributed by atoms with Crippen LogP contribution < -0.4 is 0 Å². The first-order valence-electron chi connectivity index (χ1n) is 11.0. The van der Waals surface area contributed by atoms with E-state index in [4.69, 9.17) is 30.9 Å². The average Bonchev–Trinajstić information content (AvgIpc) is 3.69. The molecule has 0 saturated heterocycles. The Kier molecular flexibility index (Phi) is 5.26. The van der Waals surface area contributed by atoms with Gasteiger partial charge in [-0.15, -0.1) is 0 Å². The van der Waals surface area contributed by atoms with E-state index in [9.17, 15) is 0 Å². The Morgan fingerprint density at radius 1 is 0.243 bits per heavy atom. The van der Waals surface area contributed by atoms with E-state index in [0.29, 0.717) is 0 Å². The lowest BCUT2D eigenvalue weighted by molar-refractivity contribution is 0.563. The van der Waals surface area contributed by atoms with E-state index in [-0.39, 0.29) is 0 Å². The predicted molar refractivity (Wildman–Crippen MR) is 140 cm³/mol. The van der Waals surface area contributed by atoms with Gasteiger partial charge in [0.1, 0.15) is 12.5 Å². The van der Waals surface area contributed by atoms with Crippen molar-refractivity contribution in [1.29, 1.82) is 0 Å². The van der Waals surface area contributed by atoms with Crippen LogP contribution >= 0.6 is 31.9 Å². The smallest absolute Gasteiger partial charge is 0.105 e. The van der Waals surface area contributed by atoms with Crippen LogP contribution in [0.2, 0.25) is 0 Å². The zero-order valence-corrected chi connectivity index (χ0v) is 21.9. The molecule has 0 aliphatic carbocycles. The second-order valence-corrected chi connectivity index (χ2v) is 9.97. The molecule has 0 saturated carbocycles. The minimum Gasteiger partial charge on any atom is -0.471 e. The van der Waals surface area contributed by atoms with Crippen molar-refractivity contribution in [2.45, 2.75) is 0 Å². The second-order valence-electron chi connectivity index (χ2n) is 8.26. The van der Waals surface area contributed by atoms with Gasteiger partial charge in [0.2, 0.25) is 0 Å². The summed E-state index contributed by atoms with van der Waals surface area (Å²) in [4.78, 5) is 0. The molecule has 7 aromatic rings. The van der Waals surface area contributed by atoms with Crippen LogP contribution in [0.5, 0.6) is 0 Å². The Bertz CT molecular complexity index is 1700. The third kappa shape index (κ3) is 3.53. The maximum atomic E-state index is 5.71. The monoisotopic (exact) mass is 620 g/mol. The minimum absolute atomic E-state index is 0.826. The molecule has 0 aromatic carbocycles. The van der Waals surface area contributed by atoms with Gasteiger partial charge in [0.05, 0.1) is 84.1 Å². The molecule has 182 valence electrons. The Labute approximate surface area is 225 Å². The molecular formula is C28H14Br2O7. The standard InChI is InChI=1S/C28H14Br2O7/c29-27-13-36-11-25(27)23-9-34-7-21(23)19-5-32-3-17(19)15-1-31-2-16(15)18-4-33-6-20(18)22-8-35-10-24(22)26-12-37-14-28(26)30/h1-14H. The van der Waals surface area contributed by atoms with Crippen LogP contribution in [-0.2, 0) is 0 Å². The third-order valence-electron chi connectivity index (χ3n) is 6.28. The number of hydrogen-bond acceptors (Lipinski definition) is 7. The summed E-state index contributed by atoms with van der Waals surface area (Å²) < 4.78 is 40.6. The highest BCUT2D eigenvalue weighted by molar-refractivity contribution is 9.11. The van der Waals surface area contributed by atoms with Crippen molar-refractivity contribution in [3.63, 3.8) is 0 Å². The fraction of sp³-hybridized carbons (Fsp3) is 0. The minimum atomic E-state index is 0.826. The largest absolute Gasteiger partial charge is 0.471 e. The van der Waals surface area contributed by atoms with Gasteiger partial charge in [-0.1, -0.05) is 0 Å². The molecule has 9 heteroatoms. The van der Waals surface area contributed by atoms with Crippen LogP contribution in [0.1, 0.15) is 0 Å². The quantitative estimate of drug-likeness (QED) is 0.182. The Hall–Kier alpha value is -4.08. The van der Waals surface area contributed by atoms with Crippen molar-refractivity contribution in [3.8, 4) is 66.8 Å². The number of rotatable bonds is 6. The van der Waals surface area contributed by atoms with Gasteiger partial charge in [0.15, 0.2) is 0 Å². The number of hydrogen-bond donors (Lipinski definition) is 0. The van der Waals surface area contributed by atoms with Gasteiger partial charge in [0.25, 0.3) is 0 Å². The lowest BCUT2D eigenvalue weighted by atomic mass is 9.92. The van der Waals surface area contributed by atoms with Gasteiger partial charge >= 0.3 is 0 Å². The summed E-state index contributed by atoms with van der Waals surface area (Å²) in [6, 6.07) is 0. The lowest BCUT2D eigenvalue weighted by Gasteiger charge is -2.06. The highest BCUT2D eigenvalue weighted by atomic mass is 79.9. The van der Waals surface area contributed by atoms with Crippen LogP contribution in [0.3, 0.4) is 0 Å². The van der Waals surface area contributed by atoms with Crippen molar-refractivity contribution >= 4 is 31.9 Å². The summed E-state index contributed by atoms with van der Waals surface area (Å²) in [6.45, 7) is 0. The zero-order valence-electron chi connectivity index (χ0n) is 18.7. The fourth-order valence-corrected chi connectivity index (χ4v) is 5.35. The molecule has 0 spiro atoms. The summed E-state index contributed by atoms with van der Waals surface area (Å²) in [5.41, 5.74) is 10.2. The van der Waals surface area contributed by atoms with Crippen LogP contribution in [0.25, 0.3) is 66.8 Å². The lowest BCUT2D eigenvalue weighted by Crippen LogP contribution is -1.84. The Morgan fingerprint density at radius 2 is 0.405 bits per heavy atom. The molecule has 0 N–H and O–H groups in total. The topological polar surface area (TPSA) is 92.0 Å². The second kappa shape index (κ2) is 8.79. The Balaban J connectivity index is 1.34. The molecule has 0 amide bonds. The maximum absolute atomic E-state index is 5.71. The molecule has 0 unspecified atom stereocenters. The van der Waals surface area contributed by atoms with E-state index in [2.05, 4.69) is 31.9 Å².